The van der Waals surface area contributed by atoms with Gasteiger partial charge in [-0.1, -0.05) is 36.4 Å². The van der Waals surface area contributed by atoms with Crippen LogP contribution in [0.15, 0.2) is 47.9 Å². The zero-order valence-electron chi connectivity index (χ0n) is 10.1. The highest BCUT2D eigenvalue weighted by Crippen LogP contribution is 2.26. The van der Waals surface area contributed by atoms with Crippen LogP contribution in [0.1, 0.15) is 12.5 Å². The van der Waals surface area contributed by atoms with E-state index in [0.29, 0.717) is 6.61 Å². The molecule has 0 aliphatic heterocycles. The Hall–Kier alpha value is -1.87. The van der Waals surface area contributed by atoms with E-state index >= 15 is 0 Å². The van der Waals surface area contributed by atoms with Crippen molar-refractivity contribution < 1.29 is 9.53 Å². The van der Waals surface area contributed by atoms with Crippen LogP contribution in [0.25, 0.3) is 16.2 Å². The lowest BCUT2D eigenvalue weighted by atomic mass is 10.1. The van der Waals surface area contributed by atoms with Gasteiger partial charge in [0.2, 0.25) is 0 Å². The van der Waals surface area contributed by atoms with E-state index in [-0.39, 0.29) is 5.97 Å². The molecule has 0 fully saturated rings. The van der Waals surface area contributed by atoms with Gasteiger partial charge in [0.25, 0.3) is 0 Å². The number of ether oxygens (including phenoxy) is 1. The maximum atomic E-state index is 11.1. The van der Waals surface area contributed by atoms with Crippen LogP contribution in [-0.4, -0.2) is 12.6 Å². The van der Waals surface area contributed by atoms with Crippen molar-refractivity contribution in [2.24, 2.45) is 0 Å². The molecule has 1 heterocycles. The van der Waals surface area contributed by atoms with Crippen LogP contribution < -0.4 is 0 Å². The standard InChI is InChI=1S/C15H14O2S/c1-2-17-15(16)10-6-3-7-12-11-18-14-9-5-4-8-13(12)14/h3-11H,2H2,1H3. The van der Waals surface area contributed by atoms with Gasteiger partial charge in [-0.2, -0.15) is 0 Å². The molecule has 92 valence electrons. The minimum atomic E-state index is -0.308. The number of esters is 1. The second-order valence-electron chi connectivity index (χ2n) is 3.66. The van der Waals surface area contributed by atoms with E-state index < -0.39 is 0 Å². The summed E-state index contributed by atoms with van der Waals surface area (Å²) in [4.78, 5) is 11.1. The zero-order valence-corrected chi connectivity index (χ0v) is 10.9. The monoisotopic (exact) mass is 258 g/mol. The molecule has 0 saturated heterocycles. The maximum absolute atomic E-state index is 11.1. The highest BCUT2D eigenvalue weighted by Gasteiger charge is 1.98. The smallest absolute Gasteiger partial charge is 0.330 e. The van der Waals surface area contributed by atoms with Gasteiger partial charge in [0, 0.05) is 10.8 Å². The van der Waals surface area contributed by atoms with Crippen molar-refractivity contribution in [3.63, 3.8) is 0 Å². The molecule has 0 saturated carbocycles. The number of rotatable bonds is 4. The topological polar surface area (TPSA) is 26.3 Å². The Morgan fingerprint density at radius 1 is 1.33 bits per heavy atom. The second kappa shape index (κ2) is 6.17. The summed E-state index contributed by atoms with van der Waals surface area (Å²) >= 11 is 1.72. The van der Waals surface area contributed by atoms with E-state index in [4.69, 9.17) is 4.74 Å². The van der Waals surface area contributed by atoms with Crippen LogP contribution in [0.5, 0.6) is 0 Å². The third-order valence-electron chi connectivity index (χ3n) is 2.42. The van der Waals surface area contributed by atoms with Crippen molar-refractivity contribution in [2.45, 2.75) is 6.92 Å². The Labute approximate surface area is 110 Å². The predicted molar refractivity (Wildman–Crippen MR) is 76.6 cm³/mol. The largest absolute Gasteiger partial charge is 0.463 e. The Morgan fingerprint density at radius 3 is 3.00 bits per heavy atom. The summed E-state index contributed by atoms with van der Waals surface area (Å²) in [6.45, 7) is 2.20. The number of hydrogen-bond donors (Lipinski definition) is 0. The van der Waals surface area contributed by atoms with Gasteiger partial charge in [-0.05, 0) is 29.3 Å². The molecule has 0 radical (unpaired) electrons. The zero-order chi connectivity index (χ0) is 12.8. The summed E-state index contributed by atoms with van der Waals surface area (Å²) in [6.07, 6.45) is 6.97. The molecule has 0 N–H and O–H groups in total. The van der Waals surface area contributed by atoms with Gasteiger partial charge < -0.3 is 4.74 Å². The molecule has 0 bridgehead atoms. The molecule has 0 atom stereocenters. The summed E-state index contributed by atoms with van der Waals surface area (Å²) in [5.41, 5.74) is 1.17. The van der Waals surface area contributed by atoms with Gasteiger partial charge in [0.1, 0.15) is 0 Å². The van der Waals surface area contributed by atoms with Crippen molar-refractivity contribution >= 4 is 33.5 Å². The summed E-state index contributed by atoms with van der Waals surface area (Å²) in [6, 6.07) is 8.26. The fourth-order valence-corrected chi connectivity index (χ4v) is 2.54. The number of carbonyl (C=O) groups excluding carboxylic acids is 1. The predicted octanol–water partition coefficient (Wildman–Crippen LogP) is 4.03. The Bertz CT molecular complexity index is 593. The molecule has 2 aromatic rings. The van der Waals surface area contributed by atoms with Gasteiger partial charge in [0.05, 0.1) is 6.61 Å². The van der Waals surface area contributed by atoms with Gasteiger partial charge in [-0.3, -0.25) is 0 Å². The molecule has 2 rings (SSSR count). The average molecular weight is 258 g/mol. The van der Waals surface area contributed by atoms with Crippen LogP contribution >= 0.6 is 11.3 Å². The van der Waals surface area contributed by atoms with Crippen molar-refractivity contribution in [3.8, 4) is 0 Å². The van der Waals surface area contributed by atoms with Crippen LogP contribution in [0, 0.1) is 0 Å². The SMILES string of the molecule is CCOC(=O)C=CC=Cc1csc2ccccc12. The molecule has 1 aromatic heterocycles. The van der Waals surface area contributed by atoms with E-state index in [1.165, 1.54) is 21.7 Å². The highest BCUT2D eigenvalue weighted by atomic mass is 32.1. The van der Waals surface area contributed by atoms with E-state index in [1.54, 1.807) is 24.3 Å². The lowest BCUT2D eigenvalue weighted by Crippen LogP contribution is -1.98. The third kappa shape index (κ3) is 3.08. The van der Waals surface area contributed by atoms with Crippen molar-refractivity contribution in [1.29, 1.82) is 0 Å². The lowest BCUT2D eigenvalue weighted by molar-refractivity contribution is -0.137. The average Bonchev–Trinajstić information content (AvgIpc) is 2.78. The maximum Gasteiger partial charge on any atom is 0.330 e. The Kier molecular flexibility index (Phi) is 4.31. The summed E-state index contributed by atoms with van der Waals surface area (Å²) in [7, 11) is 0. The van der Waals surface area contributed by atoms with Crippen LogP contribution in [0.3, 0.4) is 0 Å². The third-order valence-corrected chi connectivity index (χ3v) is 3.40. The van der Waals surface area contributed by atoms with Crippen LogP contribution in [0.2, 0.25) is 0 Å². The van der Waals surface area contributed by atoms with E-state index in [0.717, 1.165) is 0 Å². The number of thiophene rings is 1. The first-order valence-corrected chi connectivity index (χ1v) is 6.67. The molecule has 1 aromatic carbocycles. The molecule has 0 unspecified atom stereocenters. The van der Waals surface area contributed by atoms with Gasteiger partial charge in [-0.25, -0.2) is 4.79 Å². The van der Waals surface area contributed by atoms with Crippen LogP contribution in [-0.2, 0) is 9.53 Å². The van der Waals surface area contributed by atoms with E-state index in [9.17, 15) is 4.79 Å². The first-order valence-electron chi connectivity index (χ1n) is 5.79. The normalized spacial score (nSPS) is 11.6. The fraction of sp³-hybridized carbons (Fsp3) is 0.133. The van der Waals surface area contributed by atoms with Gasteiger partial charge in [-0.15, -0.1) is 11.3 Å². The van der Waals surface area contributed by atoms with E-state index in [1.807, 2.05) is 24.3 Å². The Balaban J connectivity index is 2.07. The van der Waals surface area contributed by atoms with Crippen LogP contribution in [0.4, 0.5) is 0 Å². The van der Waals surface area contributed by atoms with E-state index in [2.05, 4.69) is 17.5 Å². The molecular weight excluding hydrogens is 244 g/mol. The molecule has 3 heteroatoms. The molecule has 18 heavy (non-hydrogen) atoms. The van der Waals surface area contributed by atoms with Crippen molar-refractivity contribution in [3.05, 3.63) is 53.4 Å². The summed E-state index contributed by atoms with van der Waals surface area (Å²) in [5.74, 6) is -0.308. The first-order chi connectivity index (χ1) is 8.81. The van der Waals surface area contributed by atoms with Crippen molar-refractivity contribution in [2.75, 3.05) is 6.61 Å². The molecule has 0 amide bonds. The van der Waals surface area contributed by atoms with Gasteiger partial charge in [0.15, 0.2) is 0 Å². The quantitative estimate of drug-likeness (QED) is 0.470. The first kappa shape index (κ1) is 12.6. The van der Waals surface area contributed by atoms with Gasteiger partial charge >= 0.3 is 5.97 Å². The number of fused-ring (bicyclic) bond motifs is 1. The minimum Gasteiger partial charge on any atom is -0.463 e. The fourth-order valence-electron chi connectivity index (χ4n) is 1.61. The minimum absolute atomic E-state index is 0.308. The number of allylic oxidation sites excluding steroid dienone is 2. The molecular formula is C15H14O2S. The number of hydrogen-bond acceptors (Lipinski definition) is 3. The molecule has 2 nitrogen and oxygen atoms in total. The molecule has 0 aliphatic carbocycles. The molecule has 0 spiro atoms. The summed E-state index contributed by atoms with van der Waals surface area (Å²) in [5, 5.41) is 3.35. The molecule has 0 aliphatic rings. The Morgan fingerprint density at radius 2 is 2.17 bits per heavy atom. The highest BCUT2D eigenvalue weighted by molar-refractivity contribution is 7.17. The van der Waals surface area contributed by atoms with Crippen molar-refractivity contribution in [1.82, 2.24) is 0 Å². The number of carbonyl (C=O) groups is 1. The second-order valence-corrected chi connectivity index (χ2v) is 4.57. The number of benzene rings is 1. The lowest BCUT2D eigenvalue weighted by Gasteiger charge is -1.92. The summed E-state index contributed by atoms with van der Waals surface area (Å²) < 4.78 is 6.06.